The lowest BCUT2D eigenvalue weighted by Crippen LogP contribution is -2.34. The van der Waals surface area contributed by atoms with Gasteiger partial charge in [0.15, 0.2) is 0 Å². The van der Waals surface area contributed by atoms with Crippen LogP contribution >= 0.6 is 0 Å². The van der Waals surface area contributed by atoms with Crippen LogP contribution in [-0.2, 0) is 14.3 Å². The van der Waals surface area contributed by atoms with Crippen LogP contribution < -0.4 is 4.74 Å². The highest BCUT2D eigenvalue weighted by atomic mass is 16.5. The van der Waals surface area contributed by atoms with Gasteiger partial charge in [0, 0.05) is 31.7 Å². The second kappa shape index (κ2) is 11.7. The third-order valence-electron chi connectivity index (χ3n) is 6.85. The van der Waals surface area contributed by atoms with E-state index in [2.05, 4.69) is 11.1 Å². The fourth-order valence-electron chi connectivity index (χ4n) is 4.98. The van der Waals surface area contributed by atoms with E-state index in [1.807, 2.05) is 18.5 Å². The zero-order chi connectivity index (χ0) is 22.2. The van der Waals surface area contributed by atoms with Crippen molar-refractivity contribution in [1.82, 2.24) is 4.57 Å². The Bertz CT molecular complexity index is 704. The number of carbonyl (C=O) groups excluding carboxylic acids is 1. The van der Waals surface area contributed by atoms with Crippen LogP contribution in [0, 0.1) is 17.8 Å². The van der Waals surface area contributed by atoms with E-state index in [0.717, 1.165) is 50.4 Å². The number of aliphatic hydroxyl groups excluding tert-OH is 2. The summed E-state index contributed by atoms with van der Waals surface area (Å²) in [7, 11) is 1.65. The minimum atomic E-state index is -0.417. The molecule has 1 aromatic heterocycles. The third-order valence-corrected chi connectivity index (χ3v) is 6.85. The van der Waals surface area contributed by atoms with Gasteiger partial charge in [0.25, 0.3) is 0 Å². The summed E-state index contributed by atoms with van der Waals surface area (Å²) in [6.45, 7) is 5.10. The maximum Gasteiger partial charge on any atom is 0.330 e. The first kappa shape index (κ1) is 23.8. The van der Waals surface area contributed by atoms with Gasteiger partial charge in [-0.15, -0.1) is 0 Å². The zero-order valence-corrected chi connectivity index (χ0v) is 18.5. The second-order valence-corrected chi connectivity index (χ2v) is 9.02. The number of ether oxygens (including phenoxy) is 3. The molecular weight excluding hydrogens is 398 g/mol. The van der Waals surface area contributed by atoms with Crippen molar-refractivity contribution >= 4 is 5.97 Å². The fourth-order valence-corrected chi connectivity index (χ4v) is 4.98. The van der Waals surface area contributed by atoms with E-state index in [1.54, 1.807) is 7.11 Å². The summed E-state index contributed by atoms with van der Waals surface area (Å²) in [5.74, 6) is 1.36. The van der Waals surface area contributed by atoms with Crippen LogP contribution in [-0.4, -0.2) is 59.9 Å². The molecule has 6 unspecified atom stereocenters. The largest absolute Gasteiger partial charge is 0.495 e. The van der Waals surface area contributed by atoms with E-state index < -0.39 is 5.97 Å². The molecule has 1 aromatic rings. The van der Waals surface area contributed by atoms with Crippen molar-refractivity contribution in [3.05, 3.63) is 31.1 Å². The van der Waals surface area contributed by atoms with Gasteiger partial charge in [0.05, 0.1) is 32.0 Å². The molecule has 0 radical (unpaired) electrons. The van der Waals surface area contributed by atoms with Crippen molar-refractivity contribution in [2.75, 3.05) is 26.9 Å². The Hall–Kier alpha value is -1.83. The lowest BCUT2D eigenvalue weighted by atomic mass is 9.78. The second-order valence-electron chi connectivity index (χ2n) is 9.02. The van der Waals surface area contributed by atoms with Gasteiger partial charge in [-0.2, -0.15) is 0 Å². The Morgan fingerprint density at radius 1 is 1.16 bits per heavy atom. The molecule has 2 fully saturated rings. The third kappa shape index (κ3) is 6.82. The quantitative estimate of drug-likeness (QED) is 0.434. The average Bonchev–Trinajstić information content (AvgIpc) is 3.26. The van der Waals surface area contributed by atoms with E-state index >= 15 is 0 Å². The molecular formula is C24H37NO6. The molecule has 7 heteroatoms. The van der Waals surface area contributed by atoms with Gasteiger partial charge in [-0.25, -0.2) is 4.79 Å². The highest BCUT2D eigenvalue weighted by molar-refractivity contribution is 5.81. The van der Waals surface area contributed by atoms with Gasteiger partial charge in [0.2, 0.25) is 0 Å². The molecule has 2 saturated carbocycles. The van der Waals surface area contributed by atoms with E-state index in [-0.39, 0.29) is 24.2 Å². The van der Waals surface area contributed by atoms with Crippen molar-refractivity contribution in [1.29, 1.82) is 0 Å². The molecule has 0 bridgehead atoms. The lowest BCUT2D eigenvalue weighted by Gasteiger charge is -2.35. The number of esters is 1. The van der Waals surface area contributed by atoms with Crippen molar-refractivity contribution in [3.63, 3.8) is 0 Å². The highest BCUT2D eigenvalue weighted by Gasteiger charge is 2.32. The van der Waals surface area contributed by atoms with Crippen LogP contribution in [0.1, 0.15) is 51.0 Å². The molecule has 0 aliphatic heterocycles. The monoisotopic (exact) mass is 435 g/mol. The summed E-state index contributed by atoms with van der Waals surface area (Å²) >= 11 is 0. The number of hydrogen-bond donors (Lipinski definition) is 2. The fraction of sp³-hybridized carbons (Fsp3) is 0.708. The molecule has 0 amide bonds. The van der Waals surface area contributed by atoms with Crippen molar-refractivity contribution in [2.45, 2.75) is 63.2 Å². The van der Waals surface area contributed by atoms with Gasteiger partial charge in [-0.05, 0) is 68.8 Å². The molecule has 1 heterocycles. The van der Waals surface area contributed by atoms with E-state index in [4.69, 9.17) is 14.2 Å². The molecule has 0 spiro atoms. The van der Waals surface area contributed by atoms with Crippen molar-refractivity contribution in [3.8, 4) is 5.75 Å². The molecule has 2 N–H and O–H groups in total. The van der Waals surface area contributed by atoms with Crippen LogP contribution in [0.15, 0.2) is 31.1 Å². The van der Waals surface area contributed by atoms with Crippen molar-refractivity contribution in [2.24, 2.45) is 17.8 Å². The Kier molecular flexibility index (Phi) is 8.99. The number of aliphatic hydroxyl groups is 2. The normalized spacial score (nSPS) is 31.2. The summed E-state index contributed by atoms with van der Waals surface area (Å²) in [6.07, 6.45) is 10.3. The number of aromatic nitrogens is 1. The summed E-state index contributed by atoms with van der Waals surface area (Å²) < 4.78 is 18.5. The highest BCUT2D eigenvalue weighted by Crippen LogP contribution is 2.35. The molecule has 174 valence electrons. The Morgan fingerprint density at radius 2 is 1.87 bits per heavy atom. The standard InChI is InChI=1S/C24H37NO6/c1-3-24(28)31-11-9-19-12-17(4-6-22(19)26)15-30-16-18-5-7-23(27)21(13-18)25-10-8-20(14-25)29-2/h3,8,10,14,17-19,21-23,26-27H,1,4-7,9,11-13,15-16H2,2H3. The first-order valence-electron chi connectivity index (χ1n) is 11.4. The Labute approximate surface area is 185 Å². The first-order chi connectivity index (χ1) is 15.0. The van der Waals surface area contributed by atoms with Gasteiger partial charge in [0.1, 0.15) is 5.75 Å². The molecule has 0 aromatic carbocycles. The maximum absolute atomic E-state index is 11.2. The molecule has 2 aliphatic carbocycles. The van der Waals surface area contributed by atoms with Gasteiger partial charge in [-0.1, -0.05) is 6.58 Å². The first-order valence-corrected chi connectivity index (χ1v) is 11.4. The molecule has 6 atom stereocenters. The predicted molar refractivity (Wildman–Crippen MR) is 117 cm³/mol. The van der Waals surface area contributed by atoms with E-state index in [1.165, 1.54) is 0 Å². The van der Waals surface area contributed by atoms with Gasteiger partial charge >= 0.3 is 5.97 Å². The number of hydrogen-bond acceptors (Lipinski definition) is 6. The smallest absolute Gasteiger partial charge is 0.330 e. The average molecular weight is 436 g/mol. The van der Waals surface area contributed by atoms with Gasteiger partial charge < -0.3 is 29.0 Å². The van der Waals surface area contributed by atoms with E-state index in [0.29, 0.717) is 38.1 Å². The summed E-state index contributed by atoms with van der Waals surface area (Å²) in [4.78, 5) is 11.2. The minimum absolute atomic E-state index is 0.0544. The molecule has 7 nitrogen and oxygen atoms in total. The molecule has 31 heavy (non-hydrogen) atoms. The number of carbonyl (C=O) groups is 1. The van der Waals surface area contributed by atoms with E-state index in [9.17, 15) is 15.0 Å². The zero-order valence-electron chi connectivity index (χ0n) is 18.5. The topological polar surface area (TPSA) is 90.2 Å². The maximum atomic E-state index is 11.2. The molecule has 0 saturated heterocycles. The lowest BCUT2D eigenvalue weighted by molar-refractivity contribution is -0.138. The molecule has 3 rings (SSSR count). The van der Waals surface area contributed by atoms with Crippen LogP contribution in [0.5, 0.6) is 5.75 Å². The number of rotatable bonds is 10. The molecule has 2 aliphatic rings. The minimum Gasteiger partial charge on any atom is -0.495 e. The Morgan fingerprint density at radius 3 is 2.55 bits per heavy atom. The van der Waals surface area contributed by atoms with Crippen LogP contribution in [0.25, 0.3) is 0 Å². The van der Waals surface area contributed by atoms with Gasteiger partial charge in [-0.3, -0.25) is 0 Å². The SMILES string of the molecule is C=CC(=O)OCCC1CC(COCC2CCC(O)C(n3ccc(OC)c3)C2)CCC1O. The Balaban J connectivity index is 1.40. The predicted octanol–water partition coefficient (Wildman–Crippen LogP) is 3.11. The number of methoxy groups -OCH3 is 1. The summed E-state index contributed by atoms with van der Waals surface area (Å²) in [6, 6.07) is 1.97. The van der Waals surface area contributed by atoms with Crippen LogP contribution in [0.3, 0.4) is 0 Å². The van der Waals surface area contributed by atoms with Crippen molar-refractivity contribution < 1.29 is 29.2 Å². The number of nitrogens with zero attached hydrogens (tertiary/aromatic N) is 1. The van der Waals surface area contributed by atoms with Crippen LogP contribution in [0.2, 0.25) is 0 Å². The summed E-state index contributed by atoms with van der Waals surface area (Å²) in [5.41, 5.74) is 0. The summed E-state index contributed by atoms with van der Waals surface area (Å²) in [5, 5.41) is 20.7. The van der Waals surface area contributed by atoms with Crippen LogP contribution in [0.4, 0.5) is 0 Å².